The molecule has 6 unspecified atom stereocenters. The zero-order valence-corrected chi connectivity index (χ0v) is 10.3. The zero-order chi connectivity index (χ0) is 13.0. The van der Waals surface area contributed by atoms with Crippen LogP contribution in [0.3, 0.4) is 0 Å². The van der Waals surface area contributed by atoms with Crippen LogP contribution in [0.4, 0.5) is 0 Å². The highest BCUT2D eigenvalue weighted by molar-refractivity contribution is 6.05. The molecule has 6 atom stereocenters. The Morgan fingerprint density at radius 1 is 0.944 bits per heavy atom. The van der Waals surface area contributed by atoms with E-state index < -0.39 is 10.8 Å². The average molecular weight is 251 g/mol. The number of nitrogens with zero attached hydrogens (tertiary/aromatic N) is 1. The van der Waals surface area contributed by atoms with Gasteiger partial charge in [-0.15, -0.1) is 0 Å². The summed E-state index contributed by atoms with van der Waals surface area (Å²) in [5.41, 5.74) is -1.59. The quantitative estimate of drug-likeness (QED) is 0.599. The molecule has 0 N–H and O–H groups in total. The maximum atomic E-state index is 12.1. The minimum atomic E-state index is -0.796. The van der Waals surface area contributed by atoms with Crippen molar-refractivity contribution in [2.75, 3.05) is 14.2 Å². The summed E-state index contributed by atoms with van der Waals surface area (Å²) in [6, 6.07) is -0.284. The minimum Gasteiger partial charge on any atom is -0.468 e. The summed E-state index contributed by atoms with van der Waals surface area (Å²) >= 11 is 0. The second kappa shape index (κ2) is 2.41. The van der Waals surface area contributed by atoms with Crippen LogP contribution >= 0.6 is 0 Å². The lowest BCUT2D eigenvalue weighted by Crippen LogP contribution is -2.45. The van der Waals surface area contributed by atoms with Crippen molar-refractivity contribution in [2.45, 2.75) is 19.0 Å². The fourth-order valence-corrected chi connectivity index (χ4v) is 5.23. The standard InChI is InChI=1S/C12H13NO5/c1-4(14)13-7-5-6-8(13)12(6,10(16)18-3)11(5,7)9(15)17-2/h5-8H,1-3H3. The predicted octanol–water partition coefficient (Wildman–Crippen LogP) is -0.822. The third-order valence-electron chi connectivity index (χ3n) is 5.53. The highest BCUT2D eigenvalue weighted by atomic mass is 16.5. The molecule has 3 aliphatic carbocycles. The second-order valence-electron chi connectivity index (χ2n) is 5.59. The van der Waals surface area contributed by atoms with Crippen LogP contribution in [-0.4, -0.2) is 49.0 Å². The number of amides is 1. The second-order valence-corrected chi connectivity index (χ2v) is 5.59. The van der Waals surface area contributed by atoms with Crippen LogP contribution in [0.5, 0.6) is 0 Å². The van der Waals surface area contributed by atoms with Gasteiger partial charge in [0.2, 0.25) is 5.91 Å². The first-order valence-electron chi connectivity index (χ1n) is 5.98. The minimum absolute atomic E-state index is 0.0773. The number of carbonyl (C=O) groups excluding carboxylic acids is 3. The van der Waals surface area contributed by atoms with E-state index in [4.69, 9.17) is 9.47 Å². The van der Waals surface area contributed by atoms with Crippen molar-refractivity contribution >= 4 is 17.8 Å². The van der Waals surface area contributed by atoms with Crippen molar-refractivity contribution < 1.29 is 23.9 Å². The van der Waals surface area contributed by atoms with Gasteiger partial charge in [-0.1, -0.05) is 0 Å². The number of hydrogen-bond acceptors (Lipinski definition) is 5. The number of ether oxygens (including phenoxy) is 2. The van der Waals surface area contributed by atoms with Crippen LogP contribution in [0.2, 0.25) is 0 Å². The molecule has 5 fully saturated rings. The van der Waals surface area contributed by atoms with Crippen LogP contribution in [0.15, 0.2) is 0 Å². The van der Waals surface area contributed by atoms with Crippen LogP contribution in [0, 0.1) is 22.7 Å². The number of hydrogen-bond donors (Lipinski definition) is 0. The molecule has 5 rings (SSSR count). The van der Waals surface area contributed by atoms with Gasteiger partial charge in [-0.3, -0.25) is 14.4 Å². The summed E-state index contributed by atoms with van der Waals surface area (Å²) in [6.45, 7) is 1.48. The summed E-state index contributed by atoms with van der Waals surface area (Å²) in [5.74, 6) is -0.599. The van der Waals surface area contributed by atoms with Crippen molar-refractivity contribution in [3.63, 3.8) is 0 Å². The number of rotatable bonds is 2. The summed E-state index contributed by atoms with van der Waals surface area (Å²) in [5, 5.41) is 0. The fraction of sp³-hybridized carbons (Fsp3) is 0.750. The molecule has 0 aromatic rings. The van der Waals surface area contributed by atoms with E-state index in [1.807, 2.05) is 0 Å². The first-order chi connectivity index (χ1) is 8.52. The third-order valence-corrected chi connectivity index (χ3v) is 5.53. The monoisotopic (exact) mass is 251 g/mol. The number of methoxy groups -OCH3 is 2. The van der Waals surface area contributed by atoms with Crippen molar-refractivity contribution in [3.05, 3.63) is 0 Å². The van der Waals surface area contributed by atoms with Crippen molar-refractivity contribution in [3.8, 4) is 0 Å². The Balaban J connectivity index is 1.82. The van der Waals surface area contributed by atoms with Gasteiger partial charge in [-0.05, 0) is 0 Å². The van der Waals surface area contributed by atoms with Crippen molar-refractivity contribution in [2.24, 2.45) is 22.7 Å². The van der Waals surface area contributed by atoms with Gasteiger partial charge in [0.25, 0.3) is 0 Å². The predicted molar refractivity (Wildman–Crippen MR) is 56.0 cm³/mol. The molecule has 0 spiro atoms. The molecule has 6 nitrogen and oxygen atoms in total. The molecular formula is C12H13NO5. The third kappa shape index (κ3) is 0.570. The van der Waals surface area contributed by atoms with Crippen LogP contribution < -0.4 is 0 Å². The molecular weight excluding hydrogens is 238 g/mol. The molecule has 2 heterocycles. The molecule has 0 aromatic heterocycles. The molecule has 1 amide bonds. The number of carbonyl (C=O) groups is 3. The Hall–Kier alpha value is -1.59. The van der Waals surface area contributed by atoms with Gasteiger partial charge < -0.3 is 14.4 Å². The largest absolute Gasteiger partial charge is 0.468 e. The van der Waals surface area contributed by atoms with E-state index in [-0.39, 0.29) is 41.8 Å². The van der Waals surface area contributed by atoms with Gasteiger partial charge in [0.05, 0.1) is 26.3 Å². The molecule has 18 heavy (non-hydrogen) atoms. The van der Waals surface area contributed by atoms with Gasteiger partial charge in [0, 0.05) is 18.8 Å². The highest BCUT2D eigenvalue weighted by Gasteiger charge is 3.13. The molecule has 3 saturated carbocycles. The number of esters is 2. The Morgan fingerprint density at radius 3 is 1.61 bits per heavy atom. The summed E-state index contributed by atoms with van der Waals surface area (Å²) in [4.78, 5) is 37.5. The molecule has 0 aromatic carbocycles. The van der Waals surface area contributed by atoms with Gasteiger partial charge in [-0.25, -0.2) is 0 Å². The first-order valence-corrected chi connectivity index (χ1v) is 5.98. The molecule has 2 saturated heterocycles. The maximum absolute atomic E-state index is 12.1. The van der Waals surface area contributed by atoms with E-state index in [0.717, 1.165) is 0 Å². The summed E-state index contributed by atoms with van der Waals surface area (Å²) in [6.07, 6.45) is 0. The normalized spacial score (nSPS) is 52.1. The van der Waals surface area contributed by atoms with E-state index in [1.165, 1.54) is 21.1 Å². The molecule has 6 heteroatoms. The lowest BCUT2D eigenvalue weighted by molar-refractivity contribution is -0.168. The molecule has 96 valence electrons. The van der Waals surface area contributed by atoms with E-state index in [9.17, 15) is 14.4 Å². The zero-order valence-electron chi connectivity index (χ0n) is 10.3. The Kier molecular flexibility index (Phi) is 1.39. The van der Waals surface area contributed by atoms with E-state index in [1.54, 1.807) is 4.90 Å². The SMILES string of the molecule is COC(=O)C12C3C4C(N(C(C)=O)C31)C42C(=O)OC. The van der Waals surface area contributed by atoms with Crippen molar-refractivity contribution in [1.82, 2.24) is 4.90 Å². The Bertz CT molecular complexity index is 491. The first kappa shape index (κ1) is 10.3. The van der Waals surface area contributed by atoms with Crippen LogP contribution in [-0.2, 0) is 23.9 Å². The van der Waals surface area contributed by atoms with Crippen LogP contribution in [0.1, 0.15) is 6.92 Å². The smallest absolute Gasteiger partial charge is 0.315 e. The Labute approximate surface area is 103 Å². The molecule has 0 radical (unpaired) electrons. The average Bonchev–Trinajstić information content (AvgIpc) is 3.03. The van der Waals surface area contributed by atoms with Gasteiger partial charge in [-0.2, -0.15) is 0 Å². The van der Waals surface area contributed by atoms with Gasteiger partial charge in [0.15, 0.2) is 0 Å². The fourth-order valence-electron chi connectivity index (χ4n) is 5.23. The maximum Gasteiger partial charge on any atom is 0.315 e. The lowest BCUT2D eigenvalue weighted by Gasteiger charge is -2.29. The van der Waals surface area contributed by atoms with E-state index >= 15 is 0 Å². The molecule has 2 bridgehead atoms. The summed E-state index contributed by atoms with van der Waals surface area (Å²) < 4.78 is 9.71. The highest BCUT2D eigenvalue weighted by Crippen LogP contribution is 3.00. The van der Waals surface area contributed by atoms with E-state index in [2.05, 4.69) is 0 Å². The molecule has 5 aliphatic rings. The van der Waals surface area contributed by atoms with Crippen molar-refractivity contribution in [1.29, 1.82) is 0 Å². The van der Waals surface area contributed by atoms with Crippen LogP contribution in [0.25, 0.3) is 0 Å². The Morgan fingerprint density at radius 2 is 1.33 bits per heavy atom. The molecule has 2 aliphatic heterocycles. The van der Waals surface area contributed by atoms with Gasteiger partial charge in [0.1, 0.15) is 10.8 Å². The topological polar surface area (TPSA) is 72.9 Å². The number of piperidine rings is 4. The van der Waals surface area contributed by atoms with Gasteiger partial charge >= 0.3 is 11.9 Å². The summed E-state index contributed by atoms with van der Waals surface area (Å²) in [7, 11) is 2.64. The lowest BCUT2D eigenvalue weighted by atomic mass is 9.72. The van der Waals surface area contributed by atoms with E-state index in [0.29, 0.717) is 0 Å².